The molecule has 3 aromatic rings. The molecule has 0 bridgehead atoms. The Bertz CT molecular complexity index is 923. The van der Waals surface area contributed by atoms with Crippen LogP contribution in [-0.2, 0) is 6.42 Å². The molecule has 6 heteroatoms. The zero-order valence-electron chi connectivity index (χ0n) is 16.6. The Morgan fingerprint density at radius 3 is 2.45 bits per heavy atom. The molecule has 1 heterocycles. The first-order chi connectivity index (χ1) is 14.0. The maximum atomic E-state index is 12.2. The van der Waals surface area contributed by atoms with E-state index in [4.69, 9.17) is 4.74 Å². The second-order valence-corrected chi connectivity index (χ2v) is 7.00. The van der Waals surface area contributed by atoms with Gasteiger partial charge in [-0.15, -0.1) is 0 Å². The van der Waals surface area contributed by atoms with Gasteiger partial charge < -0.3 is 20.5 Å². The van der Waals surface area contributed by atoms with E-state index >= 15 is 0 Å². The van der Waals surface area contributed by atoms with Crippen LogP contribution in [0.2, 0.25) is 0 Å². The summed E-state index contributed by atoms with van der Waals surface area (Å²) in [6, 6.07) is 17.8. The minimum absolute atomic E-state index is 0.0130. The number of hydrogen-bond acceptors (Lipinski definition) is 4. The van der Waals surface area contributed by atoms with Gasteiger partial charge in [0.05, 0.1) is 0 Å². The number of aryl methyl sites for hydroxylation is 2. The van der Waals surface area contributed by atoms with Crippen LogP contribution in [0, 0.1) is 6.92 Å². The van der Waals surface area contributed by atoms with Gasteiger partial charge in [-0.05, 0) is 74.2 Å². The molecule has 3 N–H and O–H groups in total. The maximum absolute atomic E-state index is 12.2. The number of aromatic nitrogens is 1. The Labute approximate surface area is 170 Å². The first-order valence-electron chi connectivity index (χ1n) is 9.54. The molecule has 0 aliphatic rings. The first kappa shape index (κ1) is 20.2. The molecule has 0 aliphatic heterocycles. The van der Waals surface area contributed by atoms with Crippen molar-refractivity contribution >= 4 is 11.7 Å². The van der Waals surface area contributed by atoms with E-state index in [1.807, 2.05) is 38.1 Å². The number of amides is 2. The summed E-state index contributed by atoms with van der Waals surface area (Å²) in [5.41, 5.74) is 2.87. The third-order valence-corrected chi connectivity index (χ3v) is 4.40. The van der Waals surface area contributed by atoms with Gasteiger partial charge >= 0.3 is 6.03 Å². The van der Waals surface area contributed by atoms with Crippen LogP contribution >= 0.6 is 0 Å². The van der Waals surface area contributed by atoms with Crippen LogP contribution in [0.1, 0.15) is 24.5 Å². The van der Waals surface area contributed by atoms with Gasteiger partial charge in [-0.3, -0.25) is 0 Å². The Morgan fingerprint density at radius 1 is 1.07 bits per heavy atom. The lowest BCUT2D eigenvalue weighted by molar-refractivity contribution is 0.248. The molecule has 3 rings (SSSR count). The van der Waals surface area contributed by atoms with Crippen LogP contribution in [0.5, 0.6) is 17.4 Å². The van der Waals surface area contributed by atoms with Crippen LogP contribution in [-0.4, -0.2) is 22.2 Å². The lowest BCUT2D eigenvalue weighted by Gasteiger charge is -2.15. The van der Waals surface area contributed by atoms with Crippen molar-refractivity contribution in [1.82, 2.24) is 10.3 Å². The van der Waals surface area contributed by atoms with Crippen molar-refractivity contribution in [3.63, 3.8) is 0 Å². The number of pyridine rings is 1. The standard InChI is InChI=1S/C23H25N3O3/c1-16-3-14-22(24-15-16)29-21-12-8-19(9-13-21)26-23(28)25-17(2)4-5-18-6-10-20(27)11-7-18/h3,6-15,17,27H,4-5H2,1-2H3,(H2,25,26,28). The third kappa shape index (κ3) is 6.53. The van der Waals surface area contributed by atoms with Gasteiger partial charge in [-0.1, -0.05) is 18.2 Å². The second kappa shape index (κ2) is 9.59. The fourth-order valence-electron chi connectivity index (χ4n) is 2.75. The summed E-state index contributed by atoms with van der Waals surface area (Å²) in [4.78, 5) is 16.4. The predicted molar refractivity (Wildman–Crippen MR) is 114 cm³/mol. The van der Waals surface area contributed by atoms with Gasteiger partial charge in [-0.25, -0.2) is 9.78 Å². The highest BCUT2D eigenvalue weighted by Crippen LogP contribution is 2.21. The Morgan fingerprint density at radius 2 is 1.79 bits per heavy atom. The SMILES string of the molecule is Cc1ccc(Oc2ccc(NC(=O)NC(C)CCc3ccc(O)cc3)cc2)nc1. The number of benzene rings is 2. The van der Waals surface area contributed by atoms with Gasteiger partial charge in [0.1, 0.15) is 11.5 Å². The zero-order valence-corrected chi connectivity index (χ0v) is 16.6. The summed E-state index contributed by atoms with van der Waals surface area (Å²) in [5, 5.41) is 15.1. The highest BCUT2D eigenvalue weighted by Gasteiger charge is 2.08. The van der Waals surface area contributed by atoms with Crippen LogP contribution < -0.4 is 15.4 Å². The molecule has 1 aromatic heterocycles. The minimum atomic E-state index is -0.253. The number of phenolic OH excluding ortho intramolecular Hbond substituents is 1. The molecule has 1 atom stereocenters. The van der Waals surface area contributed by atoms with Gasteiger partial charge in [0.2, 0.25) is 5.88 Å². The zero-order chi connectivity index (χ0) is 20.6. The third-order valence-electron chi connectivity index (χ3n) is 4.40. The molecule has 1 unspecified atom stereocenters. The Kier molecular flexibility index (Phi) is 6.68. The summed E-state index contributed by atoms with van der Waals surface area (Å²) >= 11 is 0. The van der Waals surface area contributed by atoms with E-state index < -0.39 is 0 Å². The summed E-state index contributed by atoms with van der Waals surface area (Å²) < 4.78 is 5.68. The molecule has 0 saturated heterocycles. The number of rotatable bonds is 7. The molecule has 0 radical (unpaired) electrons. The highest BCUT2D eigenvalue weighted by atomic mass is 16.5. The smallest absolute Gasteiger partial charge is 0.319 e. The Balaban J connectivity index is 1.44. The number of carbonyl (C=O) groups is 1. The molecule has 29 heavy (non-hydrogen) atoms. The molecule has 150 valence electrons. The van der Waals surface area contributed by atoms with Crippen LogP contribution in [0.4, 0.5) is 10.5 Å². The van der Waals surface area contributed by atoms with Gasteiger partial charge in [0.15, 0.2) is 0 Å². The fraction of sp³-hybridized carbons (Fsp3) is 0.217. The molecule has 0 spiro atoms. The summed E-state index contributed by atoms with van der Waals surface area (Å²) in [6.07, 6.45) is 3.37. The highest BCUT2D eigenvalue weighted by molar-refractivity contribution is 5.89. The van der Waals surface area contributed by atoms with E-state index in [-0.39, 0.29) is 17.8 Å². The molecule has 6 nitrogen and oxygen atoms in total. The number of nitrogens with zero attached hydrogens (tertiary/aromatic N) is 1. The van der Waals surface area contributed by atoms with Crippen molar-refractivity contribution in [2.75, 3.05) is 5.32 Å². The number of hydrogen-bond donors (Lipinski definition) is 3. The number of anilines is 1. The average Bonchev–Trinajstić information content (AvgIpc) is 2.71. The van der Waals surface area contributed by atoms with Crippen LogP contribution in [0.3, 0.4) is 0 Å². The van der Waals surface area contributed by atoms with E-state index in [2.05, 4.69) is 15.6 Å². The number of urea groups is 1. The van der Waals surface area contributed by atoms with E-state index in [9.17, 15) is 9.90 Å². The molecule has 0 fully saturated rings. The predicted octanol–water partition coefficient (Wildman–Crippen LogP) is 5.03. The van der Waals surface area contributed by atoms with Crippen molar-refractivity contribution in [3.05, 3.63) is 78.0 Å². The largest absolute Gasteiger partial charge is 0.508 e. The van der Waals surface area contributed by atoms with Gasteiger partial charge in [0.25, 0.3) is 0 Å². The van der Waals surface area contributed by atoms with Crippen molar-refractivity contribution in [1.29, 1.82) is 0 Å². The lowest BCUT2D eigenvalue weighted by atomic mass is 10.1. The molecule has 0 saturated carbocycles. The molecular weight excluding hydrogens is 366 g/mol. The molecular formula is C23H25N3O3. The number of phenols is 1. The summed E-state index contributed by atoms with van der Waals surface area (Å²) in [6.45, 7) is 3.93. The normalized spacial score (nSPS) is 11.5. The van der Waals surface area contributed by atoms with Crippen molar-refractivity contribution in [3.8, 4) is 17.4 Å². The van der Waals surface area contributed by atoms with E-state index in [0.29, 0.717) is 17.3 Å². The quantitative estimate of drug-likeness (QED) is 0.527. The first-order valence-corrected chi connectivity index (χ1v) is 9.54. The fourth-order valence-corrected chi connectivity index (χ4v) is 2.75. The number of ether oxygens (including phenoxy) is 1. The lowest BCUT2D eigenvalue weighted by Crippen LogP contribution is -2.36. The average molecular weight is 391 g/mol. The van der Waals surface area contributed by atoms with E-state index in [1.165, 1.54) is 0 Å². The van der Waals surface area contributed by atoms with Crippen molar-refractivity contribution < 1.29 is 14.6 Å². The summed E-state index contributed by atoms with van der Waals surface area (Å²) in [5.74, 6) is 1.43. The second-order valence-electron chi connectivity index (χ2n) is 7.00. The van der Waals surface area contributed by atoms with Crippen molar-refractivity contribution in [2.45, 2.75) is 32.7 Å². The maximum Gasteiger partial charge on any atom is 0.319 e. The monoisotopic (exact) mass is 391 g/mol. The number of nitrogens with one attached hydrogen (secondary N) is 2. The van der Waals surface area contributed by atoms with Crippen molar-refractivity contribution in [2.24, 2.45) is 0 Å². The molecule has 2 aromatic carbocycles. The minimum Gasteiger partial charge on any atom is -0.508 e. The Hall–Kier alpha value is -3.54. The number of aromatic hydroxyl groups is 1. The van der Waals surface area contributed by atoms with Gasteiger partial charge in [-0.2, -0.15) is 0 Å². The van der Waals surface area contributed by atoms with E-state index in [1.54, 1.807) is 42.6 Å². The molecule has 2 amide bonds. The van der Waals surface area contributed by atoms with Gasteiger partial charge in [0, 0.05) is 24.0 Å². The topological polar surface area (TPSA) is 83.5 Å². The molecule has 0 aliphatic carbocycles. The van der Waals surface area contributed by atoms with E-state index in [0.717, 1.165) is 24.0 Å². The van der Waals surface area contributed by atoms with Crippen LogP contribution in [0.15, 0.2) is 66.9 Å². The number of carbonyl (C=O) groups excluding carboxylic acids is 1. The summed E-state index contributed by atoms with van der Waals surface area (Å²) in [7, 11) is 0. The van der Waals surface area contributed by atoms with Crippen LogP contribution in [0.25, 0.3) is 0 Å².